The van der Waals surface area contributed by atoms with Crippen LogP contribution in [0.3, 0.4) is 0 Å². The SMILES string of the molecule is CN1N(CO)C12C1CC3CC(C1)CC2C3. The van der Waals surface area contributed by atoms with Crippen molar-refractivity contribution in [1.82, 2.24) is 10.0 Å². The van der Waals surface area contributed by atoms with Crippen molar-refractivity contribution in [1.29, 1.82) is 0 Å². The molecule has 84 valence electrons. The summed E-state index contributed by atoms with van der Waals surface area (Å²) in [7, 11) is 2.17. The molecule has 4 bridgehead atoms. The van der Waals surface area contributed by atoms with E-state index in [9.17, 15) is 5.11 Å². The summed E-state index contributed by atoms with van der Waals surface area (Å²) in [5.74, 6) is 3.75. The van der Waals surface area contributed by atoms with Crippen LogP contribution in [0.15, 0.2) is 0 Å². The van der Waals surface area contributed by atoms with Crippen molar-refractivity contribution in [3.8, 4) is 0 Å². The molecule has 3 heteroatoms. The lowest BCUT2D eigenvalue weighted by Crippen LogP contribution is -2.53. The molecule has 5 aliphatic rings. The molecule has 0 aromatic rings. The van der Waals surface area contributed by atoms with Gasteiger partial charge in [0.1, 0.15) is 12.4 Å². The van der Waals surface area contributed by atoms with E-state index in [-0.39, 0.29) is 6.73 Å². The largest absolute Gasteiger partial charge is 0.380 e. The summed E-state index contributed by atoms with van der Waals surface area (Å²) in [6.45, 7) is 0.221. The highest BCUT2D eigenvalue weighted by Crippen LogP contribution is 2.66. The number of nitrogens with zero attached hydrogens (tertiary/aromatic N) is 2. The Hall–Kier alpha value is -0.120. The van der Waals surface area contributed by atoms with Crippen LogP contribution in [0.1, 0.15) is 32.1 Å². The molecule has 0 aromatic carbocycles. The molecule has 1 aliphatic heterocycles. The summed E-state index contributed by atoms with van der Waals surface area (Å²) in [5, 5.41) is 14.0. The van der Waals surface area contributed by atoms with Gasteiger partial charge in [-0.2, -0.15) is 5.01 Å². The first kappa shape index (κ1) is 8.97. The average molecular weight is 208 g/mol. The maximum absolute atomic E-state index is 9.41. The summed E-state index contributed by atoms with van der Waals surface area (Å²) in [6.07, 6.45) is 7.20. The zero-order valence-corrected chi connectivity index (χ0v) is 9.39. The minimum Gasteiger partial charge on any atom is -0.380 e. The third-order valence-corrected chi connectivity index (χ3v) is 5.73. The van der Waals surface area contributed by atoms with Crippen LogP contribution in [0.2, 0.25) is 0 Å². The van der Waals surface area contributed by atoms with Crippen LogP contribution in [-0.4, -0.2) is 34.6 Å². The van der Waals surface area contributed by atoms with Gasteiger partial charge < -0.3 is 5.11 Å². The van der Waals surface area contributed by atoms with Crippen molar-refractivity contribution in [2.24, 2.45) is 23.7 Å². The first-order valence-electron chi connectivity index (χ1n) is 6.39. The highest BCUT2D eigenvalue weighted by atomic mass is 16.3. The zero-order valence-electron chi connectivity index (χ0n) is 9.39. The van der Waals surface area contributed by atoms with E-state index >= 15 is 0 Å². The second-order valence-electron chi connectivity index (χ2n) is 6.15. The number of hydrogen-bond acceptors (Lipinski definition) is 3. The van der Waals surface area contributed by atoms with E-state index in [4.69, 9.17) is 0 Å². The molecule has 3 nitrogen and oxygen atoms in total. The van der Waals surface area contributed by atoms with Crippen molar-refractivity contribution in [2.75, 3.05) is 13.8 Å². The molecule has 1 spiro atoms. The lowest BCUT2D eigenvalue weighted by Gasteiger charge is -2.54. The Balaban J connectivity index is 1.72. The van der Waals surface area contributed by atoms with Crippen LogP contribution in [0.25, 0.3) is 0 Å². The summed E-state index contributed by atoms with van der Waals surface area (Å²) < 4.78 is 0. The van der Waals surface area contributed by atoms with Crippen LogP contribution in [-0.2, 0) is 0 Å². The van der Waals surface area contributed by atoms with Gasteiger partial charge in [0, 0.05) is 7.05 Å². The molecule has 1 saturated heterocycles. The molecule has 15 heavy (non-hydrogen) atoms. The second-order valence-corrected chi connectivity index (χ2v) is 6.15. The smallest absolute Gasteiger partial charge is 0.111 e. The van der Waals surface area contributed by atoms with Crippen LogP contribution >= 0.6 is 0 Å². The molecule has 1 heterocycles. The third-order valence-electron chi connectivity index (χ3n) is 5.73. The van der Waals surface area contributed by atoms with Crippen molar-refractivity contribution >= 4 is 0 Å². The molecule has 1 N–H and O–H groups in total. The predicted molar refractivity (Wildman–Crippen MR) is 56.5 cm³/mol. The van der Waals surface area contributed by atoms with Crippen LogP contribution < -0.4 is 0 Å². The Morgan fingerprint density at radius 2 is 1.60 bits per heavy atom. The first-order chi connectivity index (χ1) is 7.26. The van der Waals surface area contributed by atoms with Gasteiger partial charge in [-0.15, -0.1) is 0 Å². The van der Waals surface area contributed by atoms with E-state index < -0.39 is 0 Å². The van der Waals surface area contributed by atoms with Crippen LogP contribution in [0, 0.1) is 23.7 Å². The fourth-order valence-corrected chi connectivity index (χ4v) is 5.44. The summed E-state index contributed by atoms with van der Waals surface area (Å²) in [6, 6.07) is 0. The van der Waals surface area contributed by atoms with Crippen LogP contribution in [0.4, 0.5) is 0 Å². The number of rotatable bonds is 1. The number of hydrogen-bond donors (Lipinski definition) is 1. The second kappa shape index (κ2) is 2.58. The normalized spacial score (nSPS) is 65.2. The van der Waals surface area contributed by atoms with E-state index in [1.54, 1.807) is 0 Å². The van der Waals surface area contributed by atoms with E-state index in [1.807, 2.05) is 0 Å². The monoisotopic (exact) mass is 208 g/mol. The topological polar surface area (TPSA) is 26.2 Å². The molecule has 0 amide bonds. The molecule has 2 atom stereocenters. The average Bonchev–Trinajstić information content (AvgIpc) is 2.80. The molecule has 5 fully saturated rings. The maximum Gasteiger partial charge on any atom is 0.111 e. The Morgan fingerprint density at radius 1 is 1.07 bits per heavy atom. The number of aliphatic hydroxyl groups excluding tert-OH is 1. The Kier molecular flexibility index (Phi) is 1.54. The van der Waals surface area contributed by atoms with E-state index in [1.165, 1.54) is 32.1 Å². The third kappa shape index (κ3) is 0.855. The van der Waals surface area contributed by atoms with E-state index in [2.05, 4.69) is 17.1 Å². The highest BCUT2D eigenvalue weighted by Gasteiger charge is 2.71. The summed E-state index contributed by atoms with van der Waals surface area (Å²) in [4.78, 5) is 0. The Morgan fingerprint density at radius 3 is 2.00 bits per heavy atom. The molecule has 5 rings (SSSR count). The lowest BCUT2D eigenvalue weighted by molar-refractivity contribution is -0.0491. The predicted octanol–water partition coefficient (Wildman–Crippen LogP) is 1.25. The molecule has 4 saturated carbocycles. The first-order valence-corrected chi connectivity index (χ1v) is 6.39. The maximum atomic E-state index is 9.41. The van der Waals surface area contributed by atoms with Crippen molar-refractivity contribution < 1.29 is 5.11 Å². The number of hydrazine groups is 1. The van der Waals surface area contributed by atoms with Crippen molar-refractivity contribution in [3.05, 3.63) is 0 Å². The minimum absolute atomic E-state index is 0.221. The summed E-state index contributed by atoms with van der Waals surface area (Å²) in [5.41, 5.74) is 0.294. The fourth-order valence-electron chi connectivity index (χ4n) is 5.44. The molecular weight excluding hydrogens is 188 g/mol. The van der Waals surface area contributed by atoms with E-state index in [0.29, 0.717) is 5.66 Å². The standard InChI is InChI=1S/C12H20N2O/c1-13-12(14(13)7-15)10-3-8-2-9(5-10)6-11(12)4-8/h8-11,15H,2-7H2,1H3. The van der Waals surface area contributed by atoms with Gasteiger partial charge in [0.15, 0.2) is 0 Å². The quantitative estimate of drug-likeness (QED) is 0.657. The molecule has 2 unspecified atom stereocenters. The van der Waals surface area contributed by atoms with Gasteiger partial charge in [-0.05, 0) is 55.8 Å². The lowest BCUT2D eigenvalue weighted by atomic mass is 9.52. The van der Waals surface area contributed by atoms with Crippen LogP contribution in [0.5, 0.6) is 0 Å². The van der Waals surface area contributed by atoms with Gasteiger partial charge >= 0.3 is 0 Å². The Bertz CT molecular complexity index is 276. The number of aliphatic hydroxyl groups is 1. The van der Waals surface area contributed by atoms with Gasteiger partial charge in [-0.25, -0.2) is 5.01 Å². The molecule has 0 aromatic heterocycles. The minimum atomic E-state index is 0.221. The Labute approximate surface area is 91.0 Å². The molecule has 0 radical (unpaired) electrons. The fraction of sp³-hybridized carbons (Fsp3) is 1.00. The van der Waals surface area contributed by atoms with E-state index in [0.717, 1.165) is 23.7 Å². The van der Waals surface area contributed by atoms with Gasteiger partial charge in [-0.3, -0.25) is 0 Å². The van der Waals surface area contributed by atoms with Gasteiger partial charge in [0.05, 0.1) is 0 Å². The van der Waals surface area contributed by atoms with Gasteiger partial charge in [0.2, 0.25) is 0 Å². The molecular formula is C12H20N2O. The zero-order chi connectivity index (χ0) is 10.2. The van der Waals surface area contributed by atoms with Crippen molar-refractivity contribution in [2.45, 2.75) is 37.8 Å². The van der Waals surface area contributed by atoms with Gasteiger partial charge in [-0.1, -0.05) is 0 Å². The summed E-state index contributed by atoms with van der Waals surface area (Å²) >= 11 is 0. The molecule has 4 aliphatic carbocycles. The van der Waals surface area contributed by atoms with Crippen molar-refractivity contribution in [3.63, 3.8) is 0 Å². The highest BCUT2D eigenvalue weighted by molar-refractivity contribution is 5.16. The van der Waals surface area contributed by atoms with Gasteiger partial charge in [0.25, 0.3) is 0 Å².